The fourth-order valence-corrected chi connectivity index (χ4v) is 4.50. The number of aromatic nitrogens is 6. The van der Waals surface area contributed by atoms with Crippen LogP contribution in [0.15, 0.2) is 48.5 Å². The Bertz CT molecular complexity index is 1430. The fourth-order valence-electron chi connectivity index (χ4n) is 4.50. The van der Waals surface area contributed by atoms with E-state index < -0.39 is 47.4 Å². The van der Waals surface area contributed by atoms with Gasteiger partial charge in [0.1, 0.15) is 5.75 Å². The number of nitrogens with one attached hydrogen (secondary N) is 1. The number of nitrogens with two attached hydrogens (primary N) is 1. The van der Waals surface area contributed by atoms with Gasteiger partial charge in [0.25, 0.3) is 11.9 Å². The lowest BCUT2D eigenvalue weighted by atomic mass is 9.91. The van der Waals surface area contributed by atoms with Gasteiger partial charge in [0, 0.05) is 13.0 Å². The lowest BCUT2D eigenvalue weighted by molar-refractivity contribution is -0.274. The van der Waals surface area contributed by atoms with Crippen LogP contribution >= 0.6 is 0 Å². The molecule has 3 heterocycles. The zero-order valence-corrected chi connectivity index (χ0v) is 20.4. The molecule has 210 valence electrons. The molecule has 1 unspecified atom stereocenters. The number of morpholine rings is 1. The van der Waals surface area contributed by atoms with Gasteiger partial charge >= 0.3 is 6.36 Å². The highest BCUT2D eigenvalue weighted by molar-refractivity contribution is 5.36. The van der Waals surface area contributed by atoms with Crippen LogP contribution in [-0.4, -0.2) is 61.6 Å². The number of aromatic amines is 1. The molecule has 0 saturated carbocycles. The van der Waals surface area contributed by atoms with Gasteiger partial charge in [-0.3, -0.25) is 4.90 Å². The van der Waals surface area contributed by atoms with Crippen molar-refractivity contribution >= 4 is 0 Å². The molecular formula is C24H20F6N8O2. The van der Waals surface area contributed by atoms with Crippen molar-refractivity contribution in [2.45, 2.75) is 24.5 Å². The van der Waals surface area contributed by atoms with Crippen LogP contribution < -0.4 is 10.5 Å². The first-order chi connectivity index (χ1) is 19.0. The largest absolute Gasteiger partial charge is 0.573 e. The Hall–Kier alpha value is -4.15. The van der Waals surface area contributed by atoms with E-state index in [1.807, 2.05) is 0 Å². The van der Waals surface area contributed by atoms with Crippen LogP contribution in [-0.2, 0) is 16.8 Å². The van der Waals surface area contributed by atoms with Gasteiger partial charge in [0.15, 0.2) is 17.3 Å². The molecule has 0 spiro atoms. The highest BCUT2D eigenvalue weighted by Crippen LogP contribution is 2.39. The zero-order chi connectivity index (χ0) is 28.5. The summed E-state index contributed by atoms with van der Waals surface area (Å²) in [7, 11) is 0. The Morgan fingerprint density at radius 1 is 1.00 bits per heavy atom. The third kappa shape index (κ3) is 5.59. The quantitative estimate of drug-likeness (QED) is 0.256. The van der Waals surface area contributed by atoms with Crippen molar-refractivity contribution in [2.24, 2.45) is 5.73 Å². The van der Waals surface area contributed by atoms with Gasteiger partial charge in [-0.1, -0.05) is 41.6 Å². The van der Waals surface area contributed by atoms with Crippen molar-refractivity contribution in [3.63, 3.8) is 0 Å². The van der Waals surface area contributed by atoms with Crippen molar-refractivity contribution in [1.82, 2.24) is 35.5 Å². The van der Waals surface area contributed by atoms with Gasteiger partial charge in [-0.15, -0.1) is 23.4 Å². The molecule has 10 nitrogen and oxygen atoms in total. The smallest absolute Gasteiger partial charge is 0.406 e. The number of alkyl halides is 3. The van der Waals surface area contributed by atoms with Gasteiger partial charge < -0.3 is 15.2 Å². The molecule has 0 amide bonds. The van der Waals surface area contributed by atoms with E-state index in [1.165, 1.54) is 12.1 Å². The Balaban J connectivity index is 1.57. The minimum Gasteiger partial charge on any atom is -0.406 e. The molecule has 4 aromatic rings. The zero-order valence-electron chi connectivity index (χ0n) is 20.4. The Kier molecular flexibility index (Phi) is 7.39. The molecule has 0 bridgehead atoms. The molecule has 3 N–H and O–H groups in total. The highest BCUT2D eigenvalue weighted by Gasteiger charge is 2.46. The summed E-state index contributed by atoms with van der Waals surface area (Å²) in [4.78, 5) is 8.68. The topological polar surface area (TPSA) is 128 Å². The maximum Gasteiger partial charge on any atom is 0.573 e. The van der Waals surface area contributed by atoms with Crippen LogP contribution in [0.25, 0.3) is 0 Å². The van der Waals surface area contributed by atoms with Crippen LogP contribution in [0.4, 0.5) is 26.3 Å². The second-order valence-electron chi connectivity index (χ2n) is 8.81. The number of hydrogen-bond donors (Lipinski definition) is 2. The van der Waals surface area contributed by atoms with Gasteiger partial charge in [-0.05, 0) is 28.8 Å². The van der Waals surface area contributed by atoms with Crippen LogP contribution in [0.5, 0.6) is 5.75 Å². The number of nitrogens with zero attached hydrogens (tertiary/aromatic N) is 6. The molecule has 5 rings (SSSR count). The van der Waals surface area contributed by atoms with Crippen molar-refractivity contribution in [1.29, 1.82) is 0 Å². The van der Waals surface area contributed by atoms with E-state index in [1.54, 1.807) is 29.2 Å². The Morgan fingerprint density at radius 2 is 1.68 bits per heavy atom. The molecule has 1 saturated heterocycles. The van der Waals surface area contributed by atoms with Gasteiger partial charge in [-0.25, -0.2) is 0 Å². The van der Waals surface area contributed by atoms with Crippen LogP contribution in [0, 0.1) is 17.7 Å². The summed E-state index contributed by atoms with van der Waals surface area (Å²) in [6.45, 7) is 0.254. The van der Waals surface area contributed by atoms with E-state index in [-0.39, 0.29) is 19.8 Å². The van der Waals surface area contributed by atoms with Crippen molar-refractivity contribution in [3.05, 3.63) is 94.6 Å². The standard InChI is InChI=1S/C24H20F6N8O2/c25-19-20(26)32-22(33-21(19)27)23(31,15-5-1-13(2-6-15)11-18-34-36-37-35-18)38-9-10-39-12-17(38)14-3-7-16(8-4-14)40-24(28,29)30/h1-8,17H,9-12,31H2,(H,34,35,36,37)/t17-,23?/m1/s1. The Labute approximate surface area is 222 Å². The molecule has 2 aromatic carbocycles. The highest BCUT2D eigenvalue weighted by atomic mass is 19.4. The maximum absolute atomic E-state index is 14.3. The molecule has 0 radical (unpaired) electrons. The number of halogens is 6. The number of benzene rings is 2. The summed E-state index contributed by atoms with van der Waals surface area (Å²) in [5, 5.41) is 13.6. The van der Waals surface area contributed by atoms with E-state index in [9.17, 15) is 26.3 Å². The SMILES string of the molecule is NC(c1ccc(Cc2nn[nH]n2)cc1)(c1nc(F)c(F)c(F)n1)N1CCOC[C@@H]1c1ccc(OC(F)(F)F)cc1. The average Bonchev–Trinajstić information content (AvgIpc) is 3.44. The van der Waals surface area contributed by atoms with Crippen molar-refractivity contribution in [2.75, 3.05) is 19.8 Å². The third-order valence-electron chi connectivity index (χ3n) is 6.34. The van der Waals surface area contributed by atoms with E-state index in [0.717, 1.165) is 17.7 Å². The lowest BCUT2D eigenvalue weighted by Gasteiger charge is -2.47. The number of H-pyrrole nitrogens is 1. The maximum atomic E-state index is 14.3. The third-order valence-corrected chi connectivity index (χ3v) is 6.34. The number of ether oxygens (including phenoxy) is 2. The second-order valence-corrected chi connectivity index (χ2v) is 8.81. The first-order valence-electron chi connectivity index (χ1n) is 11.7. The fraction of sp³-hybridized carbons (Fsp3) is 0.292. The first kappa shape index (κ1) is 27.4. The predicted molar refractivity (Wildman–Crippen MR) is 124 cm³/mol. The van der Waals surface area contributed by atoms with Crippen molar-refractivity contribution < 1.29 is 35.8 Å². The van der Waals surface area contributed by atoms with Gasteiger partial charge in [0.05, 0.1) is 19.3 Å². The second kappa shape index (κ2) is 10.8. The molecule has 1 fully saturated rings. The summed E-state index contributed by atoms with van der Waals surface area (Å²) in [5.74, 6) is -5.92. The minimum atomic E-state index is -4.88. The molecule has 1 aliphatic heterocycles. The summed E-state index contributed by atoms with van der Waals surface area (Å²) < 4.78 is 89.9. The molecule has 0 aliphatic carbocycles. The van der Waals surface area contributed by atoms with Crippen LogP contribution in [0.2, 0.25) is 0 Å². The summed E-state index contributed by atoms with van der Waals surface area (Å²) in [5.41, 5.74) is 6.47. The molecule has 1 aliphatic rings. The predicted octanol–water partition coefficient (Wildman–Crippen LogP) is 3.13. The number of tetrazole rings is 1. The van der Waals surface area contributed by atoms with E-state index in [4.69, 9.17) is 10.5 Å². The van der Waals surface area contributed by atoms with Gasteiger partial charge in [0.2, 0.25) is 5.82 Å². The Morgan fingerprint density at radius 3 is 2.27 bits per heavy atom. The van der Waals surface area contributed by atoms with Crippen molar-refractivity contribution in [3.8, 4) is 5.75 Å². The first-order valence-corrected chi connectivity index (χ1v) is 11.7. The molecule has 16 heteroatoms. The van der Waals surface area contributed by atoms with E-state index >= 15 is 0 Å². The summed E-state index contributed by atoms with van der Waals surface area (Å²) in [6, 6.07) is 10.8. The molecule has 40 heavy (non-hydrogen) atoms. The van der Waals surface area contributed by atoms with Gasteiger partial charge in [-0.2, -0.15) is 28.4 Å². The van der Waals surface area contributed by atoms with Crippen LogP contribution in [0.3, 0.4) is 0 Å². The molecule has 2 atom stereocenters. The average molecular weight is 566 g/mol. The van der Waals surface area contributed by atoms with E-state index in [0.29, 0.717) is 23.4 Å². The normalized spacial score (nSPS) is 17.9. The van der Waals surface area contributed by atoms with E-state index in [2.05, 4.69) is 35.3 Å². The number of rotatable bonds is 7. The number of hydrogen-bond acceptors (Lipinski definition) is 9. The summed E-state index contributed by atoms with van der Waals surface area (Å²) >= 11 is 0. The molecular weight excluding hydrogens is 546 g/mol. The van der Waals surface area contributed by atoms with Crippen LogP contribution in [0.1, 0.15) is 34.4 Å². The summed E-state index contributed by atoms with van der Waals surface area (Å²) in [6.07, 6.45) is -4.56. The molecule has 2 aromatic heterocycles. The lowest BCUT2D eigenvalue weighted by Crippen LogP contribution is -2.59. The monoisotopic (exact) mass is 566 g/mol. The minimum absolute atomic E-state index is 0.0144.